The fourth-order valence-electron chi connectivity index (χ4n) is 2.99. The van der Waals surface area contributed by atoms with Gasteiger partial charge in [0, 0.05) is 26.6 Å². The lowest BCUT2D eigenvalue weighted by atomic mass is 10.0. The summed E-state index contributed by atoms with van der Waals surface area (Å²) < 4.78 is 0. The summed E-state index contributed by atoms with van der Waals surface area (Å²) >= 11 is 1.48. The molecular formula is C18H20N2O2S. The molecule has 4 nitrogen and oxygen atoms in total. The molecule has 1 aromatic heterocycles. The molecular weight excluding hydrogens is 308 g/mol. The number of rotatable bonds is 2. The minimum atomic E-state index is -0.0946. The second-order valence-corrected chi connectivity index (χ2v) is 6.74. The van der Waals surface area contributed by atoms with Gasteiger partial charge >= 0.3 is 0 Å². The van der Waals surface area contributed by atoms with Gasteiger partial charge in [0.15, 0.2) is 0 Å². The van der Waals surface area contributed by atoms with Gasteiger partial charge in [0.05, 0.1) is 10.9 Å². The summed E-state index contributed by atoms with van der Waals surface area (Å²) in [6.45, 7) is 5.26. The average molecular weight is 328 g/mol. The van der Waals surface area contributed by atoms with Crippen LogP contribution in [0.25, 0.3) is 0 Å². The van der Waals surface area contributed by atoms with Crippen molar-refractivity contribution in [2.45, 2.75) is 19.9 Å². The quantitative estimate of drug-likeness (QED) is 0.850. The molecule has 1 aliphatic rings. The number of aryl methyl sites for hydroxylation is 1. The van der Waals surface area contributed by atoms with Crippen molar-refractivity contribution >= 4 is 23.2 Å². The molecule has 1 aromatic carbocycles. The molecule has 2 aromatic rings. The van der Waals surface area contributed by atoms with Gasteiger partial charge in [-0.15, -0.1) is 11.3 Å². The van der Waals surface area contributed by atoms with Crippen molar-refractivity contribution in [2.24, 2.45) is 0 Å². The Morgan fingerprint density at radius 3 is 2.48 bits per heavy atom. The highest BCUT2D eigenvalue weighted by molar-refractivity contribution is 7.12. The number of nitrogens with zero attached hydrogens (tertiary/aromatic N) is 2. The van der Waals surface area contributed by atoms with Gasteiger partial charge in [0.1, 0.15) is 0 Å². The van der Waals surface area contributed by atoms with Crippen LogP contribution in [-0.4, -0.2) is 41.2 Å². The van der Waals surface area contributed by atoms with Crippen molar-refractivity contribution in [1.82, 2.24) is 9.80 Å². The summed E-state index contributed by atoms with van der Waals surface area (Å²) in [7, 11) is 0. The normalized spacial score (nSPS) is 18.1. The van der Waals surface area contributed by atoms with Crippen molar-refractivity contribution in [3.05, 3.63) is 57.8 Å². The number of carbonyl (C=O) groups excluding carboxylic acids is 2. The predicted octanol–water partition coefficient (Wildman–Crippen LogP) is 3.10. The van der Waals surface area contributed by atoms with Gasteiger partial charge in [-0.3, -0.25) is 9.59 Å². The number of benzene rings is 1. The van der Waals surface area contributed by atoms with Crippen LogP contribution in [0.1, 0.15) is 33.8 Å². The molecule has 1 aliphatic heterocycles. The maximum absolute atomic E-state index is 13.0. The molecule has 0 aliphatic carbocycles. The van der Waals surface area contributed by atoms with Crippen LogP contribution in [0.4, 0.5) is 0 Å². The zero-order valence-electron chi connectivity index (χ0n) is 13.4. The van der Waals surface area contributed by atoms with Gasteiger partial charge in [-0.25, -0.2) is 0 Å². The van der Waals surface area contributed by atoms with E-state index < -0.39 is 0 Å². The topological polar surface area (TPSA) is 40.6 Å². The largest absolute Gasteiger partial charge is 0.339 e. The smallest absolute Gasteiger partial charge is 0.264 e. The van der Waals surface area contributed by atoms with Crippen molar-refractivity contribution in [2.75, 3.05) is 19.6 Å². The third kappa shape index (κ3) is 3.15. The molecule has 1 fully saturated rings. The predicted molar refractivity (Wildman–Crippen MR) is 91.5 cm³/mol. The lowest BCUT2D eigenvalue weighted by Crippen LogP contribution is -2.51. The van der Waals surface area contributed by atoms with Gasteiger partial charge in [-0.05, 0) is 29.5 Å². The molecule has 2 amide bonds. The molecule has 0 bridgehead atoms. The number of hydrogen-bond acceptors (Lipinski definition) is 3. The Labute approximate surface area is 140 Å². The highest BCUT2D eigenvalue weighted by Gasteiger charge is 2.33. The zero-order chi connectivity index (χ0) is 16.4. The summed E-state index contributed by atoms with van der Waals surface area (Å²) in [5.41, 5.74) is 2.09. The van der Waals surface area contributed by atoms with E-state index in [1.807, 2.05) is 58.5 Å². The van der Waals surface area contributed by atoms with Crippen LogP contribution in [0, 0.1) is 6.92 Å². The maximum atomic E-state index is 13.0. The van der Waals surface area contributed by atoms with Crippen LogP contribution in [0.5, 0.6) is 0 Å². The molecule has 2 heterocycles. The standard InChI is InChI=1S/C18H20N2O2S/c1-13-8-11-23-17(13)18(22)20-10-9-19(14(2)21)12-16(20)15-6-4-3-5-7-15/h3-8,11,16H,9-10,12H2,1-2H3. The summed E-state index contributed by atoms with van der Waals surface area (Å²) in [6, 6.07) is 11.8. The highest BCUT2D eigenvalue weighted by atomic mass is 32.1. The van der Waals surface area contributed by atoms with Gasteiger partial charge in [-0.2, -0.15) is 0 Å². The van der Waals surface area contributed by atoms with E-state index >= 15 is 0 Å². The molecule has 23 heavy (non-hydrogen) atoms. The summed E-state index contributed by atoms with van der Waals surface area (Å²) in [4.78, 5) is 29.3. The monoisotopic (exact) mass is 328 g/mol. The van der Waals surface area contributed by atoms with Crippen molar-refractivity contribution < 1.29 is 9.59 Å². The van der Waals surface area contributed by atoms with E-state index in [2.05, 4.69) is 0 Å². The molecule has 0 spiro atoms. The van der Waals surface area contributed by atoms with E-state index in [4.69, 9.17) is 0 Å². The first-order chi connectivity index (χ1) is 11.1. The zero-order valence-corrected chi connectivity index (χ0v) is 14.2. The fraction of sp³-hybridized carbons (Fsp3) is 0.333. The lowest BCUT2D eigenvalue weighted by Gasteiger charge is -2.41. The van der Waals surface area contributed by atoms with Crippen molar-refractivity contribution in [3.8, 4) is 0 Å². The van der Waals surface area contributed by atoms with E-state index in [9.17, 15) is 9.59 Å². The first-order valence-corrected chi connectivity index (χ1v) is 8.61. The van der Waals surface area contributed by atoms with Gasteiger partial charge in [0.25, 0.3) is 5.91 Å². The molecule has 0 N–H and O–H groups in total. The minimum absolute atomic E-state index is 0.0605. The van der Waals surface area contributed by atoms with Gasteiger partial charge in [0.2, 0.25) is 5.91 Å². The van der Waals surface area contributed by atoms with Crippen molar-refractivity contribution in [1.29, 1.82) is 0 Å². The molecule has 1 atom stereocenters. The highest BCUT2D eigenvalue weighted by Crippen LogP contribution is 2.29. The SMILES string of the molecule is CC(=O)N1CCN(C(=O)c2sccc2C)C(c2ccccc2)C1. The van der Waals surface area contributed by atoms with Gasteiger partial charge < -0.3 is 9.80 Å². The Morgan fingerprint density at radius 1 is 1.13 bits per heavy atom. The Hall–Kier alpha value is -2.14. The van der Waals surface area contributed by atoms with Crippen LogP contribution in [0.3, 0.4) is 0 Å². The summed E-state index contributed by atoms with van der Waals surface area (Å²) in [6.07, 6.45) is 0. The van der Waals surface area contributed by atoms with E-state index in [0.29, 0.717) is 19.6 Å². The number of carbonyl (C=O) groups is 2. The second kappa shape index (κ2) is 6.54. The van der Waals surface area contributed by atoms with Crippen LogP contribution in [-0.2, 0) is 4.79 Å². The molecule has 0 radical (unpaired) electrons. The minimum Gasteiger partial charge on any atom is -0.339 e. The van der Waals surface area contributed by atoms with Crippen LogP contribution in [0.2, 0.25) is 0 Å². The number of amides is 2. The Morgan fingerprint density at radius 2 is 1.87 bits per heavy atom. The van der Waals surface area contributed by atoms with Crippen LogP contribution < -0.4 is 0 Å². The van der Waals surface area contributed by atoms with E-state index in [1.54, 1.807) is 6.92 Å². The molecule has 1 saturated heterocycles. The van der Waals surface area contributed by atoms with Gasteiger partial charge in [-0.1, -0.05) is 30.3 Å². The third-order valence-corrected chi connectivity index (χ3v) is 5.33. The molecule has 0 saturated carbocycles. The average Bonchev–Trinajstić information content (AvgIpc) is 3.00. The Bertz CT molecular complexity index is 711. The summed E-state index contributed by atoms with van der Waals surface area (Å²) in [5.74, 6) is 0.125. The van der Waals surface area contributed by atoms with Crippen LogP contribution in [0.15, 0.2) is 41.8 Å². The van der Waals surface area contributed by atoms with Crippen LogP contribution >= 0.6 is 11.3 Å². The van der Waals surface area contributed by atoms with Crippen molar-refractivity contribution in [3.63, 3.8) is 0 Å². The second-order valence-electron chi connectivity index (χ2n) is 5.82. The summed E-state index contributed by atoms with van der Waals surface area (Å²) in [5, 5.41) is 1.95. The Balaban J connectivity index is 1.92. The number of thiophene rings is 1. The Kier molecular flexibility index (Phi) is 4.48. The molecule has 5 heteroatoms. The molecule has 1 unspecified atom stereocenters. The maximum Gasteiger partial charge on any atom is 0.264 e. The fourth-order valence-corrected chi connectivity index (χ4v) is 3.88. The molecule has 120 valence electrons. The lowest BCUT2D eigenvalue weighted by molar-refractivity contribution is -0.131. The number of piperazine rings is 1. The number of hydrogen-bond donors (Lipinski definition) is 0. The molecule has 3 rings (SSSR count). The first kappa shape index (κ1) is 15.7. The third-order valence-electron chi connectivity index (χ3n) is 4.33. The van der Waals surface area contributed by atoms with E-state index in [-0.39, 0.29) is 17.9 Å². The van der Waals surface area contributed by atoms with E-state index in [0.717, 1.165) is 16.0 Å². The van der Waals surface area contributed by atoms with E-state index in [1.165, 1.54) is 11.3 Å². The first-order valence-electron chi connectivity index (χ1n) is 7.73.